The molecule has 0 rings (SSSR count). The van der Waals surface area contributed by atoms with Crippen LogP contribution in [0, 0.1) is 0 Å². The van der Waals surface area contributed by atoms with Crippen molar-refractivity contribution in [2.24, 2.45) is 0 Å². The third-order valence-electron chi connectivity index (χ3n) is 0. The van der Waals surface area contributed by atoms with Gasteiger partial charge in [0.05, 0.1) is 0 Å². The van der Waals surface area contributed by atoms with Crippen LogP contribution in [0.4, 0.5) is 0 Å². The summed E-state index contributed by atoms with van der Waals surface area (Å²) in [6, 6.07) is 0. The first-order chi connectivity index (χ1) is 2.00. The van der Waals surface area contributed by atoms with Crippen molar-refractivity contribution >= 4 is 7.82 Å². The van der Waals surface area contributed by atoms with Gasteiger partial charge in [-0.15, -0.1) is 0 Å². The maximum Gasteiger partial charge on any atom is 1.00 e. The number of rotatable bonds is 0. The third kappa shape index (κ3) is 448. The first-order valence-corrected chi connectivity index (χ1v) is 2.35. The topological polar surface area (TPSA) is 172 Å². The molecule has 0 aromatic rings. The third-order valence-corrected chi connectivity index (χ3v) is 0. The molecule has 0 radical (unpaired) electrons. The van der Waals surface area contributed by atoms with E-state index in [1.165, 1.54) is 0 Å². The Morgan fingerprint density at radius 2 is 1.00 bits per heavy atom. The second kappa shape index (κ2) is 11.7. The number of hydrogen-bond acceptors (Lipinski definition) is 1. The van der Waals surface area contributed by atoms with Crippen molar-refractivity contribution in [3.05, 3.63) is 0 Å². The molecule has 0 atom stereocenters. The van der Waals surface area contributed by atoms with Crippen molar-refractivity contribution < 1.29 is 66.7 Å². The van der Waals surface area contributed by atoms with Gasteiger partial charge in [-0.05, 0) is 0 Å². The Hall–Kier alpha value is 0.990. The van der Waals surface area contributed by atoms with Crippen LogP contribution in [0.5, 0.6) is 0 Å². The molecule has 0 saturated carbocycles. The minimum absolute atomic E-state index is 0. The fourth-order valence-corrected chi connectivity index (χ4v) is 0. The van der Waals surface area contributed by atoms with E-state index in [-0.39, 0.29) is 47.4 Å². The van der Waals surface area contributed by atoms with Gasteiger partial charge in [-0.1, -0.05) is 0 Å². The van der Waals surface area contributed by atoms with Gasteiger partial charge in [0.15, 0.2) is 0 Å². The number of phosphoric acid groups is 1. The van der Waals surface area contributed by atoms with Gasteiger partial charge in [0.1, 0.15) is 0 Å². The molecule has 0 bridgehead atoms. The smallest absolute Gasteiger partial charge is 1.00 e. The zero-order valence-corrected chi connectivity index (χ0v) is 7.59. The predicted molar refractivity (Wildman–Crippen MR) is 26.2 cm³/mol. The van der Waals surface area contributed by atoms with Crippen molar-refractivity contribution in [2.45, 2.75) is 0 Å². The first kappa shape index (κ1) is 32.4. The van der Waals surface area contributed by atoms with Gasteiger partial charge in [-0.3, -0.25) is 0 Å². The standard InChI is InChI=1S/Na.H3O4P.3H2O.H/c;1-5(2,3)4;;;;/h;(H3,1,2,3,4);3*1H2;/q+1;;;;;-1. The van der Waals surface area contributed by atoms with E-state index < -0.39 is 7.82 Å². The second-order valence-corrected chi connectivity index (χ2v) is 1.54. The molecule has 58 valence electrons. The average molecular weight is 176 g/mol. The molecule has 0 aromatic carbocycles. The fourth-order valence-electron chi connectivity index (χ4n) is 0. The van der Waals surface area contributed by atoms with E-state index in [9.17, 15) is 0 Å². The summed E-state index contributed by atoms with van der Waals surface area (Å²) < 4.78 is 8.88. The summed E-state index contributed by atoms with van der Waals surface area (Å²) in [6.07, 6.45) is 0. The number of hydrogen-bond donors (Lipinski definition) is 3. The molecule has 9 N–H and O–H groups in total. The molecule has 9 heavy (non-hydrogen) atoms. The van der Waals surface area contributed by atoms with Crippen molar-refractivity contribution in [3.8, 4) is 0 Å². The summed E-state index contributed by atoms with van der Waals surface area (Å²) in [6.45, 7) is 0. The normalized spacial score (nSPS) is 6.56. The summed E-state index contributed by atoms with van der Waals surface area (Å²) in [5.41, 5.74) is 0. The van der Waals surface area contributed by atoms with Crippen LogP contribution < -0.4 is 29.6 Å². The molecular weight excluding hydrogens is 166 g/mol. The Bertz CT molecular complexity index is 59.7. The first-order valence-electron chi connectivity index (χ1n) is 0.783. The maximum absolute atomic E-state index is 8.88. The van der Waals surface area contributed by atoms with Crippen LogP contribution in [0.25, 0.3) is 0 Å². The molecule has 0 fully saturated rings. The van der Waals surface area contributed by atoms with Gasteiger partial charge in [-0.2, -0.15) is 0 Å². The van der Waals surface area contributed by atoms with Gasteiger partial charge in [0.2, 0.25) is 0 Å². The monoisotopic (exact) mass is 176 g/mol. The van der Waals surface area contributed by atoms with Gasteiger partial charge >= 0.3 is 37.4 Å². The summed E-state index contributed by atoms with van der Waals surface area (Å²) in [7, 11) is -4.64. The molecular formula is H10NaO7P. The van der Waals surface area contributed by atoms with Crippen LogP contribution in [0.1, 0.15) is 1.43 Å². The van der Waals surface area contributed by atoms with E-state index in [2.05, 4.69) is 0 Å². The Morgan fingerprint density at radius 1 is 1.00 bits per heavy atom. The Balaban J connectivity index is -0.00000000800. The minimum Gasteiger partial charge on any atom is -1.00 e. The van der Waals surface area contributed by atoms with Crippen LogP contribution in [0.2, 0.25) is 0 Å². The Morgan fingerprint density at radius 3 is 1.00 bits per heavy atom. The molecule has 0 unspecified atom stereocenters. The van der Waals surface area contributed by atoms with Crippen LogP contribution in [-0.4, -0.2) is 31.1 Å². The zero-order valence-electron chi connectivity index (χ0n) is 5.70. The molecule has 0 amide bonds. The SMILES string of the molecule is O.O.O.O=P(O)(O)O.[H-].[Na+]. The molecule has 0 aliphatic rings. The van der Waals surface area contributed by atoms with Crippen molar-refractivity contribution in [1.29, 1.82) is 0 Å². The molecule has 0 heterocycles. The van der Waals surface area contributed by atoms with Crippen molar-refractivity contribution in [3.63, 3.8) is 0 Å². The summed E-state index contributed by atoms with van der Waals surface area (Å²) >= 11 is 0. The fraction of sp³-hybridized carbons (Fsp3) is 0. The minimum atomic E-state index is -4.64. The Kier molecular flexibility index (Phi) is 42.3. The van der Waals surface area contributed by atoms with E-state index in [4.69, 9.17) is 19.2 Å². The maximum atomic E-state index is 8.88. The molecule has 0 aliphatic carbocycles. The van der Waals surface area contributed by atoms with E-state index in [0.29, 0.717) is 0 Å². The predicted octanol–water partition coefficient (Wildman–Crippen LogP) is -6.29. The average Bonchev–Trinajstić information content (AvgIpc) is 0.722. The van der Waals surface area contributed by atoms with Crippen LogP contribution in [0.15, 0.2) is 0 Å². The second-order valence-electron chi connectivity index (χ2n) is 0.513. The largest absolute Gasteiger partial charge is 1.00 e. The van der Waals surface area contributed by atoms with Crippen LogP contribution >= 0.6 is 7.82 Å². The molecule has 0 saturated heterocycles. The van der Waals surface area contributed by atoms with Crippen LogP contribution in [-0.2, 0) is 4.57 Å². The molecule has 0 aliphatic heterocycles. The molecule has 0 spiro atoms. The zero-order chi connectivity index (χ0) is 4.50. The van der Waals surface area contributed by atoms with Gasteiger partial charge in [0, 0.05) is 0 Å². The van der Waals surface area contributed by atoms with Gasteiger partial charge < -0.3 is 32.5 Å². The van der Waals surface area contributed by atoms with Gasteiger partial charge in [0.25, 0.3) is 0 Å². The quantitative estimate of drug-likeness (QED) is 0.246. The molecule has 7 nitrogen and oxygen atoms in total. The summed E-state index contributed by atoms with van der Waals surface area (Å²) in [4.78, 5) is 21.6. The van der Waals surface area contributed by atoms with E-state index in [0.717, 1.165) is 0 Å². The van der Waals surface area contributed by atoms with Gasteiger partial charge in [-0.25, -0.2) is 4.57 Å². The Labute approximate surface area is 74.6 Å². The van der Waals surface area contributed by atoms with Crippen LogP contribution in [0.3, 0.4) is 0 Å². The molecule has 9 heteroatoms. The summed E-state index contributed by atoms with van der Waals surface area (Å²) in [5.74, 6) is 0. The van der Waals surface area contributed by atoms with E-state index in [1.807, 2.05) is 0 Å². The van der Waals surface area contributed by atoms with E-state index in [1.54, 1.807) is 0 Å². The summed E-state index contributed by atoms with van der Waals surface area (Å²) in [5, 5.41) is 0. The molecule has 0 aromatic heterocycles. The van der Waals surface area contributed by atoms with E-state index >= 15 is 0 Å². The van der Waals surface area contributed by atoms with Crippen molar-refractivity contribution in [1.82, 2.24) is 0 Å². The van der Waals surface area contributed by atoms with Crippen molar-refractivity contribution in [2.75, 3.05) is 0 Å².